The van der Waals surface area contributed by atoms with E-state index in [1.54, 1.807) is 18.3 Å². The van der Waals surface area contributed by atoms with Gasteiger partial charge in [0.15, 0.2) is 5.78 Å². The Balaban J connectivity index is 1.43. The normalized spacial score (nSPS) is 15.6. The van der Waals surface area contributed by atoms with Crippen LogP contribution in [0.2, 0.25) is 0 Å². The molecule has 0 unspecified atom stereocenters. The molecule has 4 aromatic rings. The van der Waals surface area contributed by atoms with E-state index in [2.05, 4.69) is 44.3 Å². The Hall–Kier alpha value is -3.74. The van der Waals surface area contributed by atoms with Crippen LogP contribution in [-0.2, 0) is 12.8 Å². The van der Waals surface area contributed by atoms with Crippen molar-refractivity contribution in [2.45, 2.75) is 39.0 Å². The Morgan fingerprint density at radius 3 is 2.62 bits per heavy atom. The smallest absolute Gasteiger partial charge is 0.230 e. The number of aryl methyl sites for hydroxylation is 2. The lowest BCUT2D eigenvalue weighted by Gasteiger charge is -2.23. The molecule has 6 nitrogen and oxygen atoms in total. The summed E-state index contributed by atoms with van der Waals surface area (Å²) < 4.78 is 13.3. The molecule has 5 rings (SSSR count). The lowest BCUT2D eigenvalue weighted by Crippen LogP contribution is -2.21. The number of carbonyl (C=O) groups is 1. The van der Waals surface area contributed by atoms with E-state index in [0.29, 0.717) is 36.0 Å². The maximum Gasteiger partial charge on any atom is 0.230 e. The molecule has 160 valence electrons. The van der Waals surface area contributed by atoms with Crippen LogP contribution in [0, 0.1) is 12.7 Å². The van der Waals surface area contributed by atoms with Gasteiger partial charge in [-0.15, -0.1) is 0 Å². The number of rotatable bonds is 4. The minimum atomic E-state index is -0.290. The molecule has 2 aromatic heterocycles. The van der Waals surface area contributed by atoms with Gasteiger partial charge < -0.3 is 0 Å². The molecule has 7 heteroatoms. The lowest BCUT2D eigenvalue weighted by molar-refractivity contribution is 0.0962. The molecule has 0 amide bonds. The summed E-state index contributed by atoms with van der Waals surface area (Å²) >= 11 is 0. The maximum absolute atomic E-state index is 13.3. The Morgan fingerprint density at radius 2 is 1.84 bits per heavy atom. The molecule has 1 atom stereocenters. The molecule has 0 bridgehead atoms. The number of hydrogen-bond donors (Lipinski definition) is 1. The zero-order chi connectivity index (χ0) is 22.2. The number of carbonyl (C=O) groups excluding carboxylic acids is 1. The molecule has 0 radical (unpaired) electrons. The van der Waals surface area contributed by atoms with Crippen LogP contribution in [0.1, 0.15) is 52.1 Å². The van der Waals surface area contributed by atoms with Crippen molar-refractivity contribution in [3.8, 4) is 0 Å². The topological polar surface area (TPSA) is 80.7 Å². The van der Waals surface area contributed by atoms with Crippen molar-refractivity contribution < 1.29 is 9.18 Å². The summed E-state index contributed by atoms with van der Waals surface area (Å²) in [6.07, 6.45) is 3.47. The van der Waals surface area contributed by atoms with E-state index in [0.717, 1.165) is 28.6 Å². The minimum Gasteiger partial charge on any atom is -0.294 e. The summed E-state index contributed by atoms with van der Waals surface area (Å²) in [5.41, 5.74) is 5.11. The molecule has 32 heavy (non-hydrogen) atoms. The summed E-state index contributed by atoms with van der Waals surface area (Å²) in [5.74, 6) is 0.431. The van der Waals surface area contributed by atoms with E-state index in [-0.39, 0.29) is 17.5 Å². The highest BCUT2D eigenvalue weighted by molar-refractivity contribution is 5.98. The van der Waals surface area contributed by atoms with Gasteiger partial charge >= 0.3 is 0 Å². The number of anilines is 2. The van der Waals surface area contributed by atoms with E-state index in [1.807, 2.05) is 13.0 Å². The molecular weight excluding hydrogens is 405 g/mol. The molecule has 1 aliphatic carbocycles. The molecule has 0 fully saturated rings. The van der Waals surface area contributed by atoms with Crippen molar-refractivity contribution in [1.82, 2.24) is 19.9 Å². The van der Waals surface area contributed by atoms with E-state index in [1.165, 1.54) is 17.7 Å². The fourth-order valence-corrected chi connectivity index (χ4v) is 4.18. The molecule has 2 heterocycles. The fraction of sp³-hybridized carbons (Fsp3) is 0.240. The molecule has 2 aromatic carbocycles. The van der Waals surface area contributed by atoms with Crippen molar-refractivity contribution in [3.63, 3.8) is 0 Å². The quantitative estimate of drug-likeness (QED) is 0.489. The van der Waals surface area contributed by atoms with Gasteiger partial charge in [-0.05, 0) is 61.1 Å². The number of aromatic nitrogens is 4. The average molecular weight is 427 g/mol. The van der Waals surface area contributed by atoms with Crippen LogP contribution in [0.3, 0.4) is 0 Å². The van der Waals surface area contributed by atoms with Crippen molar-refractivity contribution >= 4 is 28.6 Å². The number of nitrogens with zero attached hydrogens (tertiary/aromatic N) is 4. The number of nitrogens with one attached hydrogen (secondary N) is 1. The van der Waals surface area contributed by atoms with Gasteiger partial charge in [0, 0.05) is 18.0 Å². The predicted octanol–water partition coefficient (Wildman–Crippen LogP) is 5.09. The van der Waals surface area contributed by atoms with Crippen molar-refractivity contribution in [2.24, 2.45) is 0 Å². The van der Waals surface area contributed by atoms with Gasteiger partial charge in [-0.2, -0.15) is 0 Å². The van der Waals surface area contributed by atoms with Gasteiger partial charge in [-0.3, -0.25) is 10.1 Å². The summed E-state index contributed by atoms with van der Waals surface area (Å²) in [6.45, 7) is 4.07. The number of ketones is 1. The third kappa shape index (κ3) is 3.82. The highest BCUT2D eigenvalue weighted by Crippen LogP contribution is 2.32. The monoisotopic (exact) mass is 427 g/mol. The van der Waals surface area contributed by atoms with Crippen molar-refractivity contribution in [3.05, 3.63) is 82.6 Å². The third-order valence-electron chi connectivity index (χ3n) is 5.96. The molecule has 0 saturated carbocycles. The second-order valence-corrected chi connectivity index (χ2v) is 8.10. The van der Waals surface area contributed by atoms with Crippen LogP contribution in [0.4, 0.5) is 16.3 Å². The Kier molecular flexibility index (Phi) is 5.09. The lowest BCUT2D eigenvalue weighted by atomic mass is 9.82. The number of benzene rings is 2. The molecule has 1 N–H and O–H groups in total. The van der Waals surface area contributed by atoms with E-state index in [4.69, 9.17) is 0 Å². The SMILES string of the molecule is CCc1ccc2nc(Nc3ncc4c(n3)C[C@@H](c3ccc(F)cc3)CC4=O)nc(C)c2c1. The summed E-state index contributed by atoms with van der Waals surface area (Å²) in [7, 11) is 0. The highest BCUT2D eigenvalue weighted by Gasteiger charge is 2.28. The van der Waals surface area contributed by atoms with Crippen molar-refractivity contribution in [1.29, 1.82) is 0 Å². The van der Waals surface area contributed by atoms with Gasteiger partial charge in [0.2, 0.25) is 11.9 Å². The van der Waals surface area contributed by atoms with E-state index >= 15 is 0 Å². The summed E-state index contributed by atoms with van der Waals surface area (Å²) in [6, 6.07) is 12.5. The first-order valence-electron chi connectivity index (χ1n) is 10.7. The maximum atomic E-state index is 13.3. The summed E-state index contributed by atoms with van der Waals surface area (Å²) in [5, 5.41) is 4.11. The second kappa shape index (κ2) is 8.07. The van der Waals surface area contributed by atoms with Gasteiger partial charge in [-0.25, -0.2) is 24.3 Å². The summed E-state index contributed by atoms with van der Waals surface area (Å²) in [4.78, 5) is 30.7. The molecule has 0 aliphatic heterocycles. The first kappa shape index (κ1) is 20.2. The van der Waals surface area contributed by atoms with Gasteiger partial charge in [0.1, 0.15) is 5.82 Å². The third-order valence-corrected chi connectivity index (χ3v) is 5.96. The predicted molar refractivity (Wildman–Crippen MR) is 121 cm³/mol. The Morgan fingerprint density at radius 1 is 1.03 bits per heavy atom. The average Bonchev–Trinajstić information content (AvgIpc) is 2.79. The fourth-order valence-electron chi connectivity index (χ4n) is 4.18. The minimum absolute atomic E-state index is 0.00310. The Bertz CT molecular complexity index is 1340. The zero-order valence-corrected chi connectivity index (χ0v) is 17.9. The molecule has 1 aliphatic rings. The molecular formula is C25H22FN5O. The van der Waals surface area contributed by atoms with Crippen LogP contribution in [0.25, 0.3) is 10.9 Å². The van der Waals surface area contributed by atoms with Crippen molar-refractivity contribution in [2.75, 3.05) is 5.32 Å². The Labute approximate surface area is 185 Å². The number of hydrogen-bond acceptors (Lipinski definition) is 6. The highest BCUT2D eigenvalue weighted by atomic mass is 19.1. The number of halogens is 1. The van der Waals surface area contributed by atoms with Crippen LogP contribution in [0.5, 0.6) is 0 Å². The van der Waals surface area contributed by atoms with Gasteiger partial charge in [0.25, 0.3) is 0 Å². The first-order valence-corrected chi connectivity index (χ1v) is 10.7. The second-order valence-electron chi connectivity index (χ2n) is 8.10. The van der Waals surface area contributed by atoms with Gasteiger partial charge in [-0.1, -0.05) is 25.1 Å². The van der Waals surface area contributed by atoms with E-state index < -0.39 is 0 Å². The standard InChI is InChI=1S/C25H22FN5O/c1-3-15-4-9-21-19(10-15)14(2)28-25(29-21)31-24-27-13-20-22(30-24)11-17(12-23(20)32)16-5-7-18(26)8-6-16/h4-10,13,17H,3,11-12H2,1-2H3,(H,27,28,29,30,31)/t17-/m1/s1. The molecule has 0 saturated heterocycles. The largest absolute Gasteiger partial charge is 0.294 e. The van der Waals surface area contributed by atoms with Gasteiger partial charge in [0.05, 0.1) is 22.5 Å². The van der Waals surface area contributed by atoms with Crippen LogP contribution in [-0.4, -0.2) is 25.7 Å². The van der Waals surface area contributed by atoms with Crippen LogP contribution < -0.4 is 5.32 Å². The molecule has 0 spiro atoms. The number of Topliss-reactive ketones (excluding diaryl/α,β-unsaturated/α-hetero) is 1. The van der Waals surface area contributed by atoms with Crippen LogP contribution in [0.15, 0.2) is 48.7 Å². The number of fused-ring (bicyclic) bond motifs is 2. The van der Waals surface area contributed by atoms with E-state index in [9.17, 15) is 9.18 Å². The first-order chi connectivity index (χ1) is 15.5. The van der Waals surface area contributed by atoms with Crippen LogP contribution >= 0.6 is 0 Å². The zero-order valence-electron chi connectivity index (χ0n) is 17.9.